The van der Waals surface area contributed by atoms with Gasteiger partial charge >= 0.3 is 0 Å². The molecule has 130 valence electrons. The number of hydrogen-bond donors (Lipinski definition) is 3. The highest BCUT2D eigenvalue weighted by molar-refractivity contribution is 5.77. The number of amides is 1. The van der Waals surface area contributed by atoms with Gasteiger partial charge in [-0.2, -0.15) is 0 Å². The summed E-state index contributed by atoms with van der Waals surface area (Å²) in [4.78, 5) is 19.0. The summed E-state index contributed by atoms with van der Waals surface area (Å²) in [5.74, 6) is 0.969. The number of aromatic amines is 1. The lowest BCUT2D eigenvalue weighted by Crippen LogP contribution is -2.32. The number of likely N-dealkylation sites (N-methyl/N-ethyl adjacent to an activating group) is 1. The minimum Gasteiger partial charge on any atom is -0.355 e. The summed E-state index contributed by atoms with van der Waals surface area (Å²) < 4.78 is 0. The van der Waals surface area contributed by atoms with Crippen molar-refractivity contribution in [3.63, 3.8) is 0 Å². The third-order valence-electron chi connectivity index (χ3n) is 3.52. The smallest absolute Gasteiger partial charge is 0.233 e. The molecule has 0 bridgehead atoms. The lowest BCUT2D eigenvalue weighted by atomic mass is 10.1. The number of nitrogens with one attached hydrogen (secondary N) is 3. The molecule has 0 spiro atoms. The van der Waals surface area contributed by atoms with Crippen LogP contribution in [-0.4, -0.2) is 36.0 Å². The lowest BCUT2D eigenvalue weighted by molar-refractivity contribution is -0.120. The second kappa shape index (κ2) is 11.2. The largest absolute Gasteiger partial charge is 0.355 e. The van der Waals surface area contributed by atoms with Crippen LogP contribution in [-0.2, 0) is 11.2 Å². The van der Waals surface area contributed by atoms with Crippen molar-refractivity contribution in [1.29, 1.82) is 0 Å². The summed E-state index contributed by atoms with van der Waals surface area (Å²) in [5, 5.41) is 5.69. The first kappa shape index (κ1) is 19.6. The van der Waals surface area contributed by atoms with Crippen molar-refractivity contribution in [1.82, 2.24) is 20.6 Å². The molecule has 5 nitrogen and oxygen atoms in total. The fourth-order valence-electron chi connectivity index (χ4n) is 2.09. The summed E-state index contributed by atoms with van der Waals surface area (Å²) in [6.45, 7) is 10.8. The molecule has 1 heterocycles. The molecule has 0 radical (unpaired) electrons. The Kier molecular flexibility index (Phi) is 9.16. The fraction of sp³-hybridized carbons (Fsp3) is 0.368. The highest BCUT2D eigenvalue weighted by Gasteiger charge is 2.03. The van der Waals surface area contributed by atoms with E-state index in [1.54, 1.807) is 19.3 Å². The van der Waals surface area contributed by atoms with Gasteiger partial charge in [-0.15, -0.1) is 0 Å². The van der Waals surface area contributed by atoms with Crippen molar-refractivity contribution < 1.29 is 4.79 Å². The van der Waals surface area contributed by atoms with Crippen LogP contribution in [0.3, 0.4) is 0 Å². The van der Waals surface area contributed by atoms with E-state index in [4.69, 9.17) is 0 Å². The number of allylic oxidation sites excluding steroid dienone is 6. The van der Waals surface area contributed by atoms with E-state index in [-0.39, 0.29) is 5.91 Å². The molecule has 24 heavy (non-hydrogen) atoms. The van der Waals surface area contributed by atoms with Crippen LogP contribution in [0.1, 0.15) is 31.3 Å². The zero-order valence-corrected chi connectivity index (χ0v) is 14.7. The Morgan fingerprint density at radius 1 is 1.38 bits per heavy atom. The van der Waals surface area contributed by atoms with Crippen molar-refractivity contribution in [2.45, 2.75) is 26.2 Å². The summed E-state index contributed by atoms with van der Waals surface area (Å²) in [5.41, 5.74) is 2.86. The zero-order valence-electron chi connectivity index (χ0n) is 14.7. The van der Waals surface area contributed by atoms with E-state index >= 15 is 0 Å². The number of unbranched alkanes of at least 4 members (excludes halogenated alkanes) is 1. The van der Waals surface area contributed by atoms with Gasteiger partial charge in [-0.1, -0.05) is 37.5 Å². The number of imidazole rings is 1. The van der Waals surface area contributed by atoms with Crippen LogP contribution >= 0.6 is 0 Å². The molecule has 3 N–H and O–H groups in total. The predicted molar refractivity (Wildman–Crippen MR) is 101 cm³/mol. The van der Waals surface area contributed by atoms with Gasteiger partial charge in [-0.25, -0.2) is 4.98 Å². The molecule has 1 rings (SSSR count). The summed E-state index contributed by atoms with van der Waals surface area (Å²) in [6.07, 6.45) is 12.3. The van der Waals surface area contributed by atoms with Gasteiger partial charge in [-0.3, -0.25) is 4.79 Å². The van der Waals surface area contributed by atoms with E-state index in [0.29, 0.717) is 13.1 Å². The van der Waals surface area contributed by atoms with Gasteiger partial charge in [0.1, 0.15) is 5.82 Å². The van der Waals surface area contributed by atoms with Crippen LogP contribution in [0.2, 0.25) is 0 Å². The second-order valence-electron chi connectivity index (χ2n) is 5.43. The molecule has 0 aliphatic rings. The molecular weight excluding hydrogens is 300 g/mol. The van der Waals surface area contributed by atoms with Crippen molar-refractivity contribution in [2.24, 2.45) is 0 Å². The first-order valence-corrected chi connectivity index (χ1v) is 8.22. The molecule has 0 fully saturated rings. The minimum absolute atomic E-state index is 0.0286. The quantitative estimate of drug-likeness (QED) is 0.432. The van der Waals surface area contributed by atoms with Gasteiger partial charge in [-0.05, 0) is 38.0 Å². The number of aryl methyl sites for hydroxylation is 1. The van der Waals surface area contributed by atoms with Gasteiger partial charge in [0.2, 0.25) is 5.91 Å². The van der Waals surface area contributed by atoms with Gasteiger partial charge in [0.25, 0.3) is 0 Å². The number of nitrogens with zero attached hydrogens (tertiary/aromatic N) is 1. The summed E-state index contributed by atoms with van der Waals surface area (Å²) >= 11 is 0. The Bertz CT molecular complexity index is 611. The van der Waals surface area contributed by atoms with Crippen LogP contribution in [0, 0.1) is 0 Å². The first-order chi connectivity index (χ1) is 11.6. The van der Waals surface area contributed by atoms with Gasteiger partial charge in [0.15, 0.2) is 0 Å². The van der Waals surface area contributed by atoms with Crippen molar-refractivity contribution >= 4 is 11.5 Å². The van der Waals surface area contributed by atoms with Gasteiger partial charge in [0, 0.05) is 13.0 Å². The summed E-state index contributed by atoms with van der Waals surface area (Å²) in [7, 11) is 1.76. The summed E-state index contributed by atoms with van der Waals surface area (Å²) in [6, 6.07) is 0. The Hall–Kier alpha value is -2.40. The maximum absolute atomic E-state index is 11.3. The van der Waals surface area contributed by atoms with Crippen molar-refractivity contribution in [3.05, 3.63) is 60.8 Å². The van der Waals surface area contributed by atoms with Crippen molar-refractivity contribution in [2.75, 3.05) is 20.1 Å². The van der Waals surface area contributed by atoms with Crippen LogP contribution in [0.4, 0.5) is 0 Å². The van der Waals surface area contributed by atoms with E-state index in [9.17, 15) is 4.79 Å². The lowest BCUT2D eigenvalue weighted by Gasteiger charge is -2.03. The van der Waals surface area contributed by atoms with E-state index in [1.165, 1.54) is 0 Å². The predicted octanol–water partition coefficient (Wildman–Crippen LogP) is 2.77. The normalized spacial score (nSPS) is 11.7. The number of carbonyl (C=O) groups excluding carboxylic acids is 1. The Labute approximate surface area is 144 Å². The zero-order chi connectivity index (χ0) is 17.8. The Morgan fingerprint density at radius 2 is 2.17 bits per heavy atom. The van der Waals surface area contributed by atoms with E-state index in [1.807, 2.05) is 25.2 Å². The second-order valence-corrected chi connectivity index (χ2v) is 5.43. The van der Waals surface area contributed by atoms with Gasteiger partial charge < -0.3 is 15.6 Å². The molecular formula is C19H28N4O. The Balaban J connectivity index is 2.36. The van der Waals surface area contributed by atoms with E-state index in [2.05, 4.69) is 33.8 Å². The molecule has 0 atom stereocenters. The van der Waals surface area contributed by atoms with E-state index in [0.717, 1.165) is 41.9 Å². The number of carbonyl (C=O) groups is 1. The molecule has 1 aromatic heterocycles. The average Bonchev–Trinajstić information content (AvgIpc) is 3.04. The Morgan fingerprint density at radius 3 is 2.83 bits per heavy atom. The first-order valence-electron chi connectivity index (χ1n) is 8.22. The van der Waals surface area contributed by atoms with Crippen LogP contribution < -0.4 is 10.6 Å². The number of H-pyrrole nitrogens is 1. The molecule has 0 saturated heterocycles. The molecule has 0 saturated carbocycles. The topological polar surface area (TPSA) is 69.8 Å². The highest BCUT2D eigenvalue weighted by Crippen LogP contribution is 2.13. The number of hydrogen-bond acceptors (Lipinski definition) is 3. The van der Waals surface area contributed by atoms with E-state index < -0.39 is 0 Å². The maximum Gasteiger partial charge on any atom is 0.233 e. The number of rotatable bonds is 11. The third-order valence-corrected chi connectivity index (χ3v) is 3.52. The SMILES string of the molecule is C=CC(/C=C\C(=C)c1cnc(CCCCNC(=O)CNC)[nH]1)=C/C. The van der Waals surface area contributed by atoms with Crippen LogP contribution in [0.25, 0.3) is 5.57 Å². The third kappa shape index (κ3) is 7.24. The molecule has 0 aromatic carbocycles. The average molecular weight is 328 g/mol. The fourth-order valence-corrected chi connectivity index (χ4v) is 2.09. The molecule has 0 unspecified atom stereocenters. The van der Waals surface area contributed by atoms with Crippen LogP contribution in [0.5, 0.6) is 0 Å². The monoisotopic (exact) mass is 328 g/mol. The molecule has 5 heteroatoms. The molecule has 1 amide bonds. The maximum atomic E-state index is 11.3. The molecule has 1 aromatic rings. The van der Waals surface area contributed by atoms with Gasteiger partial charge in [0.05, 0.1) is 18.4 Å². The highest BCUT2D eigenvalue weighted by atomic mass is 16.1. The standard InChI is InChI=1S/C19H28N4O/c1-5-16(6-2)11-10-15(3)17-13-22-18(23-17)9-7-8-12-21-19(24)14-20-4/h5-6,10-11,13,20H,1,3,7-9,12,14H2,2,4H3,(H,21,24)(H,22,23)/b11-10-,16-6-. The van der Waals surface area contributed by atoms with Crippen molar-refractivity contribution in [3.8, 4) is 0 Å². The molecule has 0 aliphatic carbocycles. The molecule has 0 aliphatic heterocycles. The minimum atomic E-state index is 0.0286. The van der Waals surface area contributed by atoms with Crippen LogP contribution in [0.15, 0.2) is 49.2 Å². The number of aromatic nitrogens is 2.